The lowest BCUT2D eigenvalue weighted by Crippen LogP contribution is -2.44. The van der Waals surface area contributed by atoms with E-state index in [0.717, 1.165) is 37.8 Å². The number of nitrogens with two attached hydrogens (primary N) is 1. The zero-order valence-electron chi connectivity index (χ0n) is 12.0. The first kappa shape index (κ1) is 16.6. The summed E-state index contributed by atoms with van der Waals surface area (Å²) in [6, 6.07) is 5.03. The van der Waals surface area contributed by atoms with Crippen molar-refractivity contribution in [1.29, 1.82) is 0 Å². The van der Waals surface area contributed by atoms with Crippen LogP contribution in [0.3, 0.4) is 0 Å². The Morgan fingerprint density at radius 2 is 2.05 bits per heavy atom. The number of amides is 1. The van der Waals surface area contributed by atoms with Gasteiger partial charge in [0.25, 0.3) is 5.91 Å². The van der Waals surface area contributed by atoms with E-state index >= 15 is 0 Å². The normalized spacial score (nSPS) is 22.2. The van der Waals surface area contributed by atoms with Crippen molar-refractivity contribution < 1.29 is 22.7 Å². The molecule has 0 spiro atoms. The second-order valence-electron chi connectivity index (χ2n) is 5.44. The van der Waals surface area contributed by atoms with Gasteiger partial charge >= 0.3 is 6.36 Å². The van der Waals surface area contributed by atoms with Gasteiger partial charge in [-0.25, -0.2) is 0 Å². The Morgan fingerprint density at radius 3 is 2.73 bits per heavy atom. The summed E-state index contributed by atoms with van der Waals surface area (Å²) in [5.74, 6) is -0.593. The molecule has 1 aromatic carbocycles. The number of hydrogen-bond donors (Lipinski definition) is 2. The Kier molecular flexibility index (Phi) is 5.28. The van der Waals surface area contributed by atoms with Gasteiger partial charge in [-0.3, -0.25) is 4.79 Å². The monoisotopic (exact) mass is 316 g/mol. The quantitative estimate of drug-likeness (QED) is 0.898. The summed E-state index contributed by atoms with van der Waals surface area (Å²) >= 11 is 0. The molecule has 0 aliphatic heterocycles. The third kappa shape index (κ3) is 4.62. The van der Waals surface area contributed by atoms with Crippen molar-refractivity contribution in [3.8, 4) is 5.75 Å². The molecule has 1 aliphatic rings. The number of ether oxygens (including phenoxy) is 1. The number of halogens is 3. The van der Waals surface area contributed by atoms with Crippen molar-refractivity contribution >= 4 is 5.91 Å². The van der Waals surface area contributed by atoms with Crippen LogP contribution >= 0.6 is 0 Å². The summed E-state index contributed by atoms with van der Waals surface area (Å²) in [6.45, 7) is 0.488. The maximum absolute atomic E-state index is 12.2. The van der Waals surface area contributed by atoms with Gasteiger partial charge < -0.3 is 15.8 Å². The van der Waals surface area contributed by atoms with Crippen LogP contribution in [0.25, 0.3) is 0 Å². The van der Waals surface area contributed by atoms with E-state index in [1.165, 1.54) is 12.1 Å². The molecule has 3 N–H and O–H groups in total. The zero-order valence-corrected chi connectivity index (χ0v) is 12.0. The Labute approximate surface area is 126 Å². The molecule has 4 nitrogen and oxygen atoms in total. The molecule has 122 valence electrons. The van der Waals surface area contributed by atoms with Crippen molar-refractivity contribution in [2.75, 3.05) is 6.54 Å². The molecule has 0 bridgehead atoms. The number of rotatable bonds is 4. The van der Waals surface area contributed by atoms with Crippen LogP contribution < -0.4 is 15.8 Å². The van der Waals surface area contributed by atoms with Gasteiger partial charge in [0.2, 0.25) is 0 Å². The highest BCUT2D eigenvalue weighted by Gasteiger charge is 2.31. The number of carbonyl (C=O) groups excluding carboxylic acids is 1. The van der Waals surface area contributed by atoms with Crippen LogP contribution in [0.1, 0.15) is 36.0 Å². The number of carbonyl (C=O) groups is 1. The summed E-state index contributed by atoms with van der Waals surface area (Å²) in [5.41, 5.74) is 5.85. The molecule has 1 aliphatic carbocycles. The van der Waals surface area contributed by atoms with Crippen LogP contribution in [0.4, 0.5) is 13.2 Å². The largest absolute Gasteiger partial charge is 0.573 e. The fourth-order valence-corrected chi connectivity index (χ4v) is 2.77. The van der Waals surface area contributed by atoms with Crippen molar-refractivity contribution in [3.05, 3.63) is 29.8 Å². The zero-order chi connectivity index (χ0) is 16.2. The lowest BCUT2D eigenvalue weighted by molar-refractivity contribution is -0.274. The van der Waals surface area contributed by atoms with E-state index in [2.05, 4.69) is 10.1 Å². The fourth-order valence-electron chi connectivity index (χ4n) is 2.77. The predicted octanol–water partition coefficient (Wildman–Crippen LogP) is 2.83. The predicted molar refractivity (Wildman–Crippen MR) is 75.4 cm³/mol. The first-order chi connectivity index (χ1) is 10.4. The smallest absolute Gasteiger partial charge is 0.406 e. The first-order valence-electron chi connectivity index (χ1n) is 7.26. The minimum absolute atomic E-state index is 0.0292. The van der Waals surface area contributed by atoms with E-state index in [1.54, 1.807) is 0 Å². The number of benzene rings is 1. The number of nitrogens with one attached hydrogen (secondary N) is 1. The minimum Gasteiger partial charge on any atom is -0.406 e. The van der Waals surface area contributed by atoms with Crippen LogP contribution in [0.2, 0.25) is 0 Å². The molecule has 7 heteroatoms. The van der Waals surface area contributed by atoms with Gasteiger partial charge in [-0.15, -0.1) is 13.2 Å². The Morgan fingerprint density at radius 1 is 1.32 bits per heavy atom. The average Bonchev–Trinajstić information content (AvgIpc) is 2.46. The Hall–Kier alpha value is -1.76. The number of hydrogen-bond acceptors (Lipinski definition) is 3. The highest BCUT2D eigenvalue weighted by Crippen LogP contribution is 2.25. The molecule has 1 fully saturated rings. The molecular formula is C15H19F3N2O2. The third-order valence-corrected chi connectivity index (χ3v) is 3.86. The van der Waals surface area contributed by atoms with Crippen LogP contribution in [0.15, 0.2) is 24.3 Å². The molecule has 0 radical (unpaired) electrons. The van der Waals surface area contributed by atoms with Gasteiger partial charge in [0.1, 0.15) is 5.75 Å². The average molecular weight is 316 g/mol. The number of alkyl halides is 3. The summed E-state index contributed by atoms with van der Waals surface area (Å²) in [7, 11) is 0. The van der Waals surface area contributed by atoms with E-state index in [-0.39, 0.29) is 17.5 Å². The molecule has 1 aromatic rings. The van der Waals surface area contributed by atoms with E-state index < -0.39 is 18.0 Å². The van der Waals surface area contributed by atoms with Crippen molar-refractivity contribution in [2.45, 2.75) is 38.1 Å². The molecular weight excluding hydrogens is 297 g/mol. The molecule has 1 saturated carbocycles. The summed E-state index contributed by atoms with van der Waals surface area (Å²) in [6.07, 6.45) is -0.879. The molecule has 1 amide bonds. The first-order valence-corrected chi connectivity index (χ1v) is 7.26. The van der Waals surface area contributed by atoms with Crippen molar-refractivity contribution in [1.82, 2.24) is 5.32 Å². The van der Waals surface area contributed by atoms with E-state index in [9.17, 15) is 18.0 Å². The van der Waals surface area contributed by atoms with E-state index in [4.69, 9.17) is 5.73 Å². The lowest BCUT2D eigenvalue weighted by atomic mass is 9.84. The van der Waals surface area contributed by atoms with Gasteiger partial charge in [0, 0.05) is 11.6 Å². The van der Waals surface area contributed by atoms with Crippen molar-refractivity contribution in [2.24, 2.45) is 11.7 Å². The molecule has 2 rings (SSSR count). The Balaban J connectivity index is 2.04. The standard InChI is InChI=1S/C15H19F3N2O2/c16-15(17,18)22-12-6-3-5-10(8-12)14(21)20-13-7-2-1-4-11(13)9-19/h3,5-6,8,11,13H,1-2,4,7,9,19H2,(H,20,21). The van der Waals surface area contributed by atoms with Gasteiger partial charge in [0.15, 0.2) is 0 Å². The Bertz CT molecular complexity index is 520. The van der Waals surface area contributed by atoms with E-state index in [1.807, 2.05) is 0 Å². The topological polar surface area (TPSA) is 64.3 Å². The van der Waals surface area contributed by atoms with E-state index in [0.29, 0.717) is 6.54 Å². The van der Waals surface area contributed by atoms with Crippen LogP contribution in [0, 0.1) is 5.92 Å². The molecule has 0 aromatic heterocycles. The van der Waals surface area contributed by atoms with Gasteiger partial charge in [-0.1, -0.05) is 18.9 Å². The SMILES string of the molecule is NCC1CCCCC1NC(=O)c1cccc(OC(F)(F)F)c1. The summed E-state index contributed by atoms with van der Waals surface area (Å²) < 4.78 is 40.4. The second-order valence-corrected chi connectivity index (χ2v) is 5.44. The maximum Gasteiger partial charge on any atom is 0.573 e. The molecule has 2 unspecified atom stereocenters. The van der Waals surface area contributed by atoms with Crippen molar-refractivity contribution in [3.63, 3.8) is 0 Å². The van der Waals surface area contributed by atoms with Gasteiger partial charge in [-0.05, 0) is 43.5 Å². The third-order valence-electron chi connectivity index (χ3n) is 3.86. The summed E-state index contributed by atoms with van der Waals surface area (Å²) in [4.78, 5) is 12.2. The van der Waals surface area contributed by atoms with Crippen LogP contribution in [0.5, 0.6) is 5.75 Å². The molecule has 0 heterocycles. The van der Waals surface area contributed by atoms with Crippen LogP contribution in [-0.2, 0) is 0 Å². The minimum atomic E-state index is -4.77. The fraction of sp³-hybridized carbons (Fsp3) is 0.533. The molecule has 0 saturated heterocycles. The highest BCUT2D eigenvalue weighted by atomic mass is 19.4. The second kappa shape index (κ2) is 7.00. The van der Waals surface area contributed by atoms with Crippen LogP contribution in [-0.4, -0.2) is 24.9 Å². The lowest BCUT2D eigenvalue weighted by Gasteiger charge is -2.31. The van der Waals surface area contributed by atoms with Gasteiger partial charge in [0.05, 0.1) is 0 Å². The van der Waals surface area contributed by atoms with Gasteiger partial charge in [-0.2, -0.15) is 0 Å². The maximum atomic E-state index is 12.2. The molecule has 22 heavy (non-hydrogen) atoms. The summed E-state index contributed by atoms with van der Waals surface area (Å²) in [5, 5.41) is 2.87. The highest BCUT2D eigenvalue weighted by molar-refractivity contribution is 5.94. The molecule has 2 atom stereocenters.